The molecule has 0 saturated carbocycles. The first-order valence-corrected chi connectivity index (χ1v) is 17.2. The summed E-state index contributed by atoms with van der Waals surface area (Å²) in [6.45, 7) is -0.131. The number of ether oxygens (including phenoxy) is 2. The van der Waals surface area contributed by atoms with E-state index in [1.807, 2.05) is 0 Å². The molecule has 0 spiro atoms. The van der Waals surface area contributed by atoms with Crippen LogP contribution in [0.1, 0.15) is 18.5 Å². The number of amides is 2. The number of aliphatic carboxylic acids is 1. The van der Waals surface area contributed by atoms with E-state index >= 15 is 0 Å². The maximum atomic E-state index is 12.6. The number of carboxylic acid groups (broad SMARTS) is 1. The van der Waals surface area contributed by atoms with E-state index in [0.717, 1.165) is 6.33 Å². The Kier molecular flexibility index (Phi) is 12.3. The first-order valence-electron chi connectivity index (χ1n) is 12.4. The second-order valence-electron chi connectivity index (χ2n) is 9.15. The van der Waals surface area contributed by atoms with Gasteiger partial charge in [0, 0.05) is 13.1 Å². The molecule has 0 bridgehead atoms. The molecule has 1 aliphatic heterocycles. The number of aromatic nitrogens is 4. The fraction of sp³-hybridized carbons (Fsp3) is 0.556. The lowest BCUT2D eigenvalue weighted by Crippen LogP contribution is -2.45. The fourth-order valence-electron chi connectivity index (χ4n) is 3.83. The third kappa shape index (κ3) is 10.7. The summed E-state index contributed by atoms with van der Waals surface area (Å²) in [6.07, 6.45) is -7.43. The van der Waals surface area contributed by atoms with Gasteiger partial charge >= 0.3 is 12.1 Å². The van der Waals surface area contributed by atoms with Crippen molar-refractivity contribution in [1.29, 1.82) is 0 Å². The zero-order valence-corrected chi connectivity index (χ0v) is 26.5. The minimum Gasteiger partial charge on any atom is -0.756 e. The quantitative estimate of drug-likeness (QED) is 0.0530. The Bertz CT molecular complexity index is 1660. The zero-order valence-electron chi connectivity index (χ0n) is 23.0. The number of carbonyl (C=O) groups is 3. The van der Waals surface area contributed by atoms with Gasteiger partial charge in [0.2, 0.25) is 5.91 Å². The number of imidazole rings is 1. The normalized spacial score (nSPS) is 24.3. The van der Waals surface area contributed by atoms with Gasteiger partial charge < -0.3 is 65.1 Å². The van der Waals surface area contributed by atoms with Gasteiger partial charge in [0.15, 0.2) is 17.0 Å². The van der Waals surface area contributed by atoms with Crippen molar-refractivity contribution in [2.24, 2.45) is 5.73 Å². The highest BCUT2D eigenvalue weighted by Crippen LogP contribution is 2.61. The number of hydrogen-bond donors (Lipinski definition) is 7. The first-order chi connectivity index (χ1) is 21.2. The highest BCUT2D eigenvalue weighted by molar-refractivity contribution is 7.71. The van der Waals surface area contributed by atoms with Gasteiger partial charge in [-0.25, -0.2) is 23.4 Å². The molecule has 3 heterocycles. The van der Waals surface area contributed by atoms with Crippen molar-refractivity contribution >= 4 is 64.8 Å². The van der Waals surface area contributed by atoms with E-state index in [0.29, 0.717) is 5.82 Å². The minimum absolute atomic E-state index is 0.0583. The van der Waals surface area contributed by atoms with Crippen LogP contribution in [0.25, 0.3) is 11.2 Å². The van der Waals surface area contributed by atoms with Gasteiger partial charge in [-0.1, -0.05) is 12.2 Å². The van der Waals surface area contributed by atoms with Crippen LogP contribution in [-0.2, 0) is 45.9 Å². The second kappa shape index (κ2) is 15.0. The van der Waals surface area contributed by atoms with Crippen molar-refractivity contribution in [3.63, 3.8) is 0 Å². The largest absolute Gasteiger partial charge is 0.756 e. The van der Waals surface area contributed by atoms with Gasteiger partial charge in [0.25, 0.3) is 23.5 Å². The maximum Gasteiger partial charge on any atom is 0.407 e. The maximum absolute atomic E-state index is 12.6. The molecule has 2 aromatic heterocycles. The molecule has 2 aromatic rings. The predicted molar refractivity (Wildman–Crippen MR) is 142 cm³/mol. The average Bonchev–Trinajstić information content (AvgIpc) is 3.43. The molecule has 258 valence electrons. The summed E-state index contributed by atoms with van der Waals surface area (Å²) in [5, 5.41) is 24.2. The molecule has 8 N–H and O–H groups in total. The van der Waals surface area contributed by atoms with Crippen LogP contribution < -0.4 is 31.0 Å². The highest BCUT2D eigenvalue weighted by Gasteiger charge is 2.48. The lowest BCUT2D eigenvalue weighted by atomic mass is 10.1. The van der Waals surface area contributed by atoms with Gasteiger partial charge in [-0.2, -0.15) is 0 Å². The van der Waals surface area contributed by atoms with Gasteiger partial charge in [-0.3, -0.25) is 27.9 Å². The Morgan fingerprint density at radius 1 is 1.20 bits per heavy atom. The Morgan fingerprint density at radius 3 is 2.48 bits per heavy atom. The molecule has 1 fully saturated rings. The molecule has 0 aromatic carbocycles. The molecule has 3 rings (SSSR count). The molecular weight excluding hydrogens is 711 g/mol. The third-order valence-electron chi connectivity index (χ3n) is 5.62. The summed E-state index contributed by atoms with van der Waals surface area (Å²) in [5.41, 5.74) is 5.75. The molecule has 28 heteroatoms. The summed E-state index contributed by atoms with van der Waals surface area (Å²) in [7, 11) is -18.2. The number of phosphoric ester groups is 1. The summed E-state index contributed by atoms with van der Waals surface area (Å²) < 4.78 is 57.5. The van der Waals surface area contributed by atoms with E-state index in [9.17, 15) is 47.9 Å². The number of phosphoric acid groups is 3. The number of nitrogens with zero attached hydrogens (tertiary/aromatic N) is 3. The van der Waals surface area contributed by atoms with Crippen LogP contribution in [0.3, 0.4) is 0 Å². The standard InChI is InChI=1S/C18H28N7O17P3S/c1-7-23-14-11(16(46)24-7)22-6-25(14)17-13(40-18(30)21-3-2-20-15(29)8(19)4-10(26)27)12(28)9(39-17)5-38-44(34,35)42-45(36,37)41-43(31,32)33/h6,8-9,12-13,17,28H,2-5,19H2,1H3,(H,20,29)(H,21,30)(H,26,27)(H,34,35)(H,36,37)(H,23,24,46)(H2,31,32,33)/p-3/t8?,9-,12?,13+,17-/m1/s1. The van der Waals surface area contributed by atoms with Gasteiger partial charge in [0.05, 0.1) is 25.4 Å². The number of aryl methyl sites for hydroxylation is 1. The predicted octanol–water partition coefficient (Wildman–Crippen LogP) is -3.48. The van der Waals surface area contributed by atoms with Crippen LogP contribution >= 0.6 is 35.7 Å². The number of hydrogen-bond acceptors (Lipinski definition) is 19. The van der Waals surface area contributed by atoms with Crippen LogP contribution in [0.4, 0.5) is 4.79 Å². The van der Waals surface area contributed by atoms with Gasteiger partial charge in [0.1, 0.15) is 29.2 Å². The molecule has 0 aliphatic carbocycles. The molecule has 1 saturated heterocycles. The van der Waals surface area contributed by atoms with E-state index in [-0.39, 0.29) is 28.9 Å². The topological polar surface area (TPSA) is 375 Å². The molecule has 8 atom stereocenters. The number of aliphatic hydroxyl groups is 1. The number of aromatic amines is 1. The number of nitrogens with two attached hydrogens (primary N) is 1. The van der Waals surface area contributed by atoms with Crippen molar-refractivity contribution in [3.8, 4) is 0 Å². The fourth-order valence-corrected chi connectivity index (χ4v) is 7.01. The molecule has 2 amide bonds. The molecule has 24 nitrogen and oxygen atoms in total. The SMILES string of the molecule is Cc1nc(=S)c2ncn([C@@H]3O[C@H](COP(=O)([O-])OP(=O)([O-])OP(=O)([O-])O)C(O)[C@@H]3OC(=O)NCCNC(=O)C(N)CC(=O)O)c2[nH]1. The highest BCUT2D eigenvalue weighted by atomic mass is 32.1. The monoisotopic (exact) mass is 736 g/mol. The van der Waals surface area contributed by atoms with Crippen molar-refractivity contribution < 1.29 is 80.5 Å². The van der Waals surface area contributed by atoms with Crippen molar-refractivity contribution in [3.05, 3.63) is 16.8 Å². The summed E-state index contributed by atoms with van der Waals surface area (Å²) >= 11 is 5.18. The molecule has 46 heavy (non-hydrogen) atoms. The lowest BCUT2D eigenvalue weighted by Gasteiger charge is -2.33. The van der Waals surface area contributed by atoms with E-state index in [1.165, 1.54) is 4.57 Å². The van der Waals surface area contributed by atoms with Crippen molar-refractivity contribution in [1.82, 2.24) is 30.2 Å². The van der Waals surface area contributed by atoms with Crippen molar-refractivity contribution in [2.45, 2.75) is 43.9 Å². The van der Waals surface area contributed by atoms with Crippen LogP contribution in [0, 0.1) is 11.6 Å². The molecule has 5 unspecified atom stereocenters. The van der Waals surface area contributed by atoms with Crippen LogP contribution in [0.15, 0.2) is 6.33 Å². The number of aliphatic hydroxyl groups excluding tert-OH is 1. The minimum atomic E-state index is -6.21. The number of fused-ring (bicyclic) bond motifs is 1. The summed E-state index contributed by atoms with van der Waals surface area (Å²) in [5.74, 6) is -1.80. The Labute approximate surface area is 261 Å². The summed E-state index contributed by atoms with van der Waals surface area (Å²) in [4.78, 5) is 88.7. The Balaban J connectivity index is 1.74. The van der Waals surface area contributed by atoms with E-state index < -0.39 is 85.0 Å². The molecular formula is C18H25N7O17P3S-3. The zero-order chi connectivity index (χ0) is 34.6. The van der Waals surface area contributed by atoms with Crippen LogP contribution in [-0.4, -0.2) is 96.6 Å². The Morgan fingerprint density at radius 2 is 1.85 bits per heavy atom. The number of H-pyrrole nitrogens is 1. The number of alkyl carbamates (subject to hydrolysis) is 1. The van der Waals surface area contributed by atoms with Crippen LogP contribution in [0.5, 0.6) is 0 Å². The second-order valence-corrected chi connectivity index (χ2v) is 13.8. The van der Waals surface area contributed by atoms with E-state index in [4.69, 9.17) is 37.4 Å². The van der Waals surface area contributed by atoms with Gasteiger partial charge in [-0.15, -0.1) is 0 Å². The smallest absolute Gasteiger partial charge is 0.407 e. The number of rotatable bonds is 15. The lowest BCUT2D eigenvalue weighted by molar-refractivity contribution is -0.250. The summed E-state index contributed by atoms with van der Waals surface area (Å²) in [6, 6.07) is -1.35. The average molecular weight is 736 g/mol. The number of nitrogens with one attached hydrogen (secondary N) is 3. The first kappa shape index (κ1) is 37.7. The molecule has 0 radical (unpaired) electrons. The third-order valence-corrected chi connectivity index (χ3v) is 9.60. The van der Waals surface area contributed by atoms with E-state index in [2.05, 4.69) is 38.7 Å². The van der Waals surface area contributed by atoms with Crippen LogP contribution in [0.2, 0.25) is 0 Å². The Hall–Kier alpha value is -2.73. The molecule has 1 aliphatic rings. The van der Waals surface area contributed by atoms with Gasteiger partial charge in [-0.05, 0) is 6.92 Å². The number of carboxylic acids is 1. The number of carbonyl (C=O) groups excluding carboxylic acids is 2. The van der Waals surface area contributed by atoms with Crippen molar-refractivity contribution in [2.75, 3.05) is 19.7 Å². The van der Waals surface area contributed by atoms with E-state index in [1.54, 1.807) is 6.92 Å².